The topological polar surface area (TPSA) is 3.24 Å². The van der Waals surface area contributed by atoms with E-state index in [2.05, 4.69) is 72.6 Å². The van der Waals surface area contributed by atoms with E-state index >= 15 is 0 Å². The standard InChI is InChI=1S/C18H17N/c1-13-16-8-4-3-7-15(16)12-18-17-9-5-2-6-14(17)10-11-19(13)18/h2-11,13,18H,12H2,1H3/t13-,18-/m0/s1. The van der Waals surface area contributed by atoms with Gasteiger partial charge >= 0.3 is 0 Å². The molecule has 4 rings (SSSR count). The van der Waals surface area contributed by atoms with E-state index in [9.17, 15) is 0 Å². The van der Waals surface area contributed by atoms with E-state index in [1.54, 1.807) is 0 Å². The molecule has 0 N–H and O–H groups in total. The van der Waals surface area contributed by atoms with Gasteiger partial charge in [-0.3, -0.25) is 0 Å². The third-order valence-corrected chi connectivity index (χ3v) is 4.51. The van der Waals surface area contributed by atoms with E-state index in [4.69, 9.17) is 0 Å². The van der Waals surface area contributed by atoms with Crippen molar-refractivity contribution in [1.82, 2.24) is 4.90 Å². The minimum atomic E-state index is 0.458. The first-order chi connectivity index (χ1) is 9.34. The Bertz CT molecular complexity index is 656. The molecule has 0 fully saturated rings. The summed E-state index contributed by atoms with van der Waals surface area (Å²) in [4.78, 5) is 2.50. The Balaban J connectivity index is 1.86. The van der Waals surface area contributed by atoms with Crippen LogP contribution in [-0.4, -0.2) is 4.90 Å². The first kappa shape index (κ1) is 10.9. The highest BCUT2D eigenvalue weighted by Crippen LogP contribution is 2.43. The molecule has 0 saturated carbocycles. The normalized spacial score (nSPS) is 23.5. The summed E-state index contributed by atoms with van der Waals surface area (Å²) in [5.41, 5.74) is 5.81. The van der Waals surface area contributed by atoms with Crippen molar-refractivity contribution in [3.8, 4) is 0 Å². The molecule has 2 aromatic rings. The van der Waals surface area contributed by atoms with Gasteiger partial charge in [-0.25, -0.2) is 0 Å². The molecule has 94 valence electrons. The number of rotatable bonds is 0. The zero-order chi connectivity index (χ0) is 12.8. The van der Waals surface area contributed by atoms with Crippen LogP contribution in [0.2, 0.25) is 0 Å². The molecule has 0 saturated heterocycles. The van der Waals surface area contributed by atoms with Gasteiger partial charge in [0.05, 0.1) is 12.1 Å². The lowest BCUT2D eigenvalue weighted by Crippen LogP contribution is -2.35. The van der Waals surface area contributed by atoms with Gasteiger partial charge in [0.15, 0.2) is 0 Å². The molecule has 1 nitrogen and oxygen atoms in total. The molecule has 0 unspecified atom stereocenters. The van der Waals surface area contributed by atoms with Crippen LogP contribution in [0.5, 0.6) is 0 Å². The Morgan fingerprint density at radius 1 is 0.947 bits per heavy atom. The molecule has 2 aliphatic rings. The van der Waals surface area contributed by atoms with Gasteiger partial charge in [0.25, 0.3) is 0 Å². The number of nitrogens with zero attached hydrogens (tertiary/aromatic N) is 1. The van der Waals surface area contributed by atoms with Crippen LogP contribution in [0.25, 0.3) is 6.08 Å². The summed E-state index contributed by atoms with van der Waals surface area (Å²) in [6.45, 7) is 2.31. The fourth-order valence-electron chi connectivity index (χ4n) is 3.51. The Labute approximate surface area is 114 Å². The van der Waals surface area contributed by atoms with E-state index in [-0.39, 0.29) is 0 Å². The van der Waals surface area contributed by atoms with Crippen LogP contribution in [0.1, 0.15) is 41.3 Å². The highest BCUT2D eigenvalue weighted by Gasteiger charge is 2.32. The first-order valence-electron chi connectivity index (χ1n) is 6.97. The zero-order valence-electron chi connectivity index (χ0n) is 11.1. The van der Waals surface area contributed by atoms with Crippen molar-refractivity contribution < 1.29 is 0 Å². The molecule has 2 atom stereocenters. The Morgan fingerprint density at radius 3 is 2.58 bits per heavy atom. The minimum absolute atomic E-state index is 0.458. The molecule has 2 aliphatic heterocycles. The Hall–Kier alpha value is -2.02. The SMILES string of the molecule is C[C@H]1c2ccccc2C[C@H]2c3ccccc3C=CN12. The molecular weight excluding hydrogens is 230 g/mol. The Kier molecular flexibility index (Phi) is 2.28. The molecule has 0 aliphatic carbocycles. The quantitative estimate of drug-likeness (QED) is 0.669. The summed E-state index contributed by atoms with van der Waals surface area (Å²) >= 11 is 0. The average Bonchev–Trinajstić information content (AvgIpc) is 2.47. The van der Waals surface area contributed by atoms with Gasteiger partial charge in [-0.1, -0.05) is 48.5 Å². The van der Waals surface area contributed by atoms with Gasteiger partial charge in [0, 0.05) is 6.20 Å². The second kappa shape index (κ2) is 3.99. The van der Waals surface area contributed by atoms with E-state index in [0.29, 0.717) is 12.1 Å². The summed E-state index contributed by atoms with van der Waals surface area (Å²) < 4.78 is 0. The van der Waals surface area contributed by atoms with Gasteiger partial charge in [-0.15, -0.1) is 0 Å². The van der Waals surface area contributed by atoms with Crippen molar-refractivity contribution in [1.29, 1.82) is 0 Å². The summed E-state index contributed by atoms with van der Waals surface area (Å²) in [6.07, 6.45) is 5.63. The lowest BCUT2D eigenvalue weighted by molar-refractivity contribution is 0.196. The van der Waals surface area contributed by atoms with Gasteiger partial charge in [0.1, 0.15) is 0 Å². The van der Waals surface area contributed by atoms with Crippen LogP contribution in [-0.2, 0) is 6.42 Å². The van der Waals surface area contributed by atoms with Crippen molar-refractivity contribution >= 4 is 6.08 Å². The van der Waals surface area contributed by atoms with Crippen LogP contribution in [0.15, 0.2) is 54.7 Å². The predicted molar refractivity (Wildman–Crippen MR) is 78.6 cm³/mol. The maximum atomic E-state index is 2.50. The van der Waals surface area contributed by atoms with E-state index in [1.165, 1.54) is 22.3 Å². The van der Waals surface area contributed by atoms with Crippen molar-refractivity contribution in [2.45, 2.75) is 25.4 Å². The number of benzene rings is 2. The van der Waals surface area contributed by atoms with Crippen molar-refractivity contribution in [3.05, 3.63) is 77.0 Å². The van der Waals surface area contributed by atoms with Crippen LogP contribution >= 0.6 is 0 Å². The lowest BCUT2D eigenvalue weighted by Gasteiger charge is -2.44. The third kappa shape index (κ3) is 1.54. The van der Waals surface area contributed by atoms with E-state index in [0.717, 1.165) is 6.42 Å². The van der Waals surface area contributed by atoms with Crippen molar-refractivity contribution in [3.63, 3.8) is 0 Å². The highest BCUT2D eigenvalue weighted by atomic mass is 15.2. The first-order valence-corrected chi connectivity index (χ1v) is 6.97. The summed E-state index contributed by atoms with van der Waals surface area (Å²) in [6, 6.07) is 18.6. The van der Waals surface area contributed by atoms with Crippen molar-refractivity contribution in [2.24, 2.45) is 0 Å². The van der Waals surface area contributed by atoms with Crippen LogP contribution < -0.4 is 0 Å². The maximum absolute atomic E-state index is 2.50. The van der Waals surface area contributed by atoms with Gasteiger partial charge in [-0.2, -0.15) is 0 Å². The molecule has 0 amide bonds. The molecule has 0 aromatic heterocycles. The average molecular weight is 247 g/mol. The smallest absolute Gasteiger partial charge is 0.0589 e. The largest absolute Gasteiger partial charge is 0.363 e. The van der Waals surface area contributed by atoms with Crippen LogP contribution in [0.3, 0.4) is 0 Å². The fourth-order valence-corrected chi connectivity index (χ4v) is 3.51. The predicted octanol–water partition coefficient (Wildman–Crippen LogP) is 4.33. The maximum Gasteiger partial charge on any atom is 0.0589 e. The number of hydrogen-bond acceptors (Lipinski definition) is 1. The lowest BCUT2D eigenvalue weighted by atomic mass is 9.83. The van der Waals surface area contributed by atoms with E-state index < -0.39 is 0 Å². The molecule has 2 heterocycles. The van der Waals surface area contributed by atoms with Crippen LogP contribution in [0, 0.1) is 0 Å². The minimum Gasteiger partial charge on any atom is -0.363 e. The van der Waals surface area contributed by atoms with Crippen molar-refractivity contribution in [2.75, 3.05) is 0 Å². The Morgan fingerprint density at radius 2 is 1.68 bits per heavy atom. The van der Waals surface area contributed by atoms with Gasteiger partial charge < -0.3 is 4.90 Å². The van der Waals surface area contributed by atoms with E-state index in [1.807, 2.05) is 0 Å². The number of hydrogen-bond donors (Lipinski definition) is 0. The molecule has 1 heteroatoms. The molecule has 0 bridgehead atoms. The monoisotopic (exact) mass is 247 g/mol. The molecular formula is C18H17N. The number of fused-ring (bicyclic) bond motifs is 4. The molecule has 19 heavy (non-hydrogen) atoms. The second-order valence-electron chi connectivity index (χ2n) is 5.49. The highest BCUT2D eigenvalue weighted by molar-refractivity contribution is 5.58. The summed E-state index contributed by atoms with van der Waals surface area (Å²) in [5, 5.41) is 0. The molecule has 0 radical (unpaired) electrons. The van der Waals surface area contributed by atoms with Gasteiger partial charge in [-0.05, 0) is 41.7 Å². The van der Waals surface area contributed by atoms with Gasteiger partial charge in [0.2, 0.25) is 0 Å². The fraction of sp³-hybridized carbons (Fsp3) is 0.222. The molecule has 2 aromatic carbocycles. The van der Waals surface area contributed by atoms with Crippen LogP contribution in [0.4, 0.5) is 0 Å². The summed E-state index contributed by atoms with van der Waals surface area (Å²) in [5.74, 6) is 0. The second-order valence-corrected chi connectivity index (χ2v) is 5.49. The summed E-state index contributed by atoms with van der Waals surface area (Å²) in [7, 11) is 0. The molecule has 0 spiro atoms. The zero-order valence-corrected chi connectivity index (χ0v) is 11.1. The third-order valence-electron chi connectivity index (χ3n) is 4.51.